The monoisotopic (exact) mass is 299 g/mol. The Bertz CT molecular complexity index is 421. The molecule has 0 radical (unpaired) electrons. The number of hydrogen-bond acceptors (Lipinski definition) is 3. The standard InChI is InChI=1S/C16H25NO2.ClH/c1-10-8-13(9-11(2)15(10)18)14(17)16(19)12-6-4-3-5-7-12;/h8-9,12,14,16,18-19H,3-7,17H2,1-2H3;1H/t14-,16+;/m0./s1. The van der Waals surface area contributed by atoms with Gasteiger partial charge in [-0.05, 0) is 49.3 Å². The van der Waals surface area contributed by atoms with E-state index in [2.05, 4.69) is 0 Å². The van der Waals surface area contributed by atoms with Gasteiger partial charge in [-0.15, -0.1) is 12.4 Å². The van der Waals surface area contributed by atoms with E-state index in [-0.39, 0.29) is 18.4 Å². The molecule has 1 aromatic carbocycles. The highest BCUT2D eigenvalue weighted by Crippen LogP contribution is 2.33. The normalized spacial score (nSPS) is 19.2. The van der Waals surface area contributed by atoms with Crippen molar-refractivity contribution in [3.05, 3.63) is 28.8 Å². The van der Waals surface area contributed by atoms with Crippen LogP contribution in [0.5, 0.6) is 5.75 Å². The van der Waals surface area contributed by atoms with E-state index in [0.29, 0.717) is 11.7 Å². The molecule has 1 fully saturated rings. The van der Waals surface area contributed by atoms with Crippen LogP contribution in [0.15, 0.2) is 12.1 Å². The zero-order valence-corrected chi connectivity index (χ0v) is 13.1. The molecule has 2 rings (SSSR count). The zero-order chi connectivity index (χ0) is 14.0. The van der Waals surface area contributed by atoms with E-state index in [0.717, 1.165) is 29.5 Å². The molecule has 0 aliphatic heterocycles. The smallest absolute Gasteiger partial charge is 0.121 e. The fraction of sp³-hybridized carbons (Fsp3) is 0.625. The van der Waals surface area contributed by atoms with E-state index in [1.165, 1.54) is 19.3 Å². The third-order valence-corrected chi connectivity index (χ3v) is 4.40. The molecule has 0 heterocycles. The lowest BCUT2D eigenvalue weighted by Crippen LogP contribution is -2.34. The molecule has 0 spiro atoms. The second-order valence-electron chi connectivity index (χ2n) is 5.92. The van der Waals surface area contributed by atoms with E-state index < -0.39 is 6.10 Å². The highest BCUT2D eigenvalue weighted by molar-refractivity contribution is 5.85. The molecule has 0 unspecified atom stereocenters. The molecule has 2 atom stereocenters. The van der Waals surface area contributed by atoms with Gasteiger partial charge in [0, 0.05) is 0 Å². The van der Waals surface area contributed by atoms with Crippen molar-refractivity contribution in [2.24, 2.45) is 11.7 Å². The highest BCUT2D eigenvalue weighted by atomic mass is 35.5. The van der Waals surface area contributed by atoms with E-state index in [9.17, 15) is 10.2 Å². The Morgan fingerprint density at radius 1 is 1.10 bits per heavy atom. The number of aryl methyl sites for hydroxylation is 2. The van der Waals surface area contributed by atoms with Crippen LogP contribution in [-0.4, -0.2) is 16.3 Å². The molecular formula is C16H26ClNO2. The van der Waals surface area contributed by atoms with Gasteiger partial charge < -0.3 is 15.9 Å². The number of hydrogen-bond donors (Lipinski definition) is 3. The van der Waals surface area contributed by atoms with Gasteiger partial charge in [0.1, 0.15) is 5.75 Å². The number of phenols is 1. The van der Waals surface area contributed by atoms with Crippen molar-refractivity contribution in [3.8, 4) is 5.75 Å². The second-order valence-corrected chi connectivity index (χ2v) is 5.92. The highest BCUT2D eigenvalue weighted by Gasteiger charge is 2.28. The summed E-state index contributed by atoms with van der Waals surface area (Å²) < 4.78 is 0. The molecule has 20 heavy (non-hydrogen) atoms. The predicted molar refractivity (Wildman–Crippen MR) is 84.3 cm³/mol. The molecule has 3 nitrogen and oxygen atoms in total. The first-order valence-electron chi connectivity index (χ1n) is 7.24. The lowest BCUT2D eigenvalue weighted by Gasteiger charge is -2.31. The molecule has 0 aromatic heterocycles. The van der Waals surface area contributed by atoms with Crippen LogP contribution >= 0.6 is 12.4 Å². The first kappa shape index (κ1) is 17.3. The van der Waals surface area contributed by atoms with Gasteiger partial charge in [-0.1, -0.05) is 31.4 Å². The van der Waals surface area contributed by atoms with Gasteiger partial charge in [-0.2, -0.15) is 0 Å². The van der Waals surface area contributed by atoms with Crippen LogP contribution in [0.4, 0.5) is 0 Å². The fourth-order valence-electron chi connectivity index (χ4n) is 3.15. The van der Waals surface area contributed by atoms with Crippen molar-refractivity contribution >= 4 is 12.4 Å². The molecule has 4 N–H and O–H groups in total. The van der Waals surface area contributed by atoms with Gasteiger partial charge in [-0.25, -0.2) is 0 Å². The number of rotatable bonds is 3. The Hall–Kier alpha value is -0.770. The van der Waals surface area contributed by atoms with Crippen LogP contribution in [0.2, 0.25) is 0 Å². The van der Waals surface area contributed by atoms with Crippen LogP contribution in [0.1, 0.15) is 54.8 Å². The van der Waals surface area contributed by atoms with E-state index in [1.807, 2.05) is 26.0 Å². The lowest BCUT2D eigenvalue weighted by molar-refractivity contribution is 0.0617. The summed E-state index contributed by atoms with van der Waals surface area (Å²) in [5.41, 5.74) is 8.79. The third kappa shape index (κ3) is 3.66. The van der Waals surface area contributed by atoms with Gasteiger partial charge in [0.2, 0.25) is 0 Å². The predicted octanol–water partition coefficient (Wildman–Crippen LogP) is 3.37. The van der Waals surface area contributed by atoms with Crippen molar-refractivity contribution in [2.75, 3.05) is 0 Å². The molecule has 0 saturated heterocycles. The van der Waals surface area contributed by atoms with Gasteiger partial charge in [0.15, 0.2) is 0 Å². The molecular weight excluding hydrogens is 274 g/mol. The summed E-state index contributed by atoms with van der Waals surface area (Å²) in [7, 11) is 0. The Balaban J connectivity index is 0.00000200. The minimum Gasteiger partial charge on any atom is -0.507 e. The van der Waals surface area contributed by atoms with Gasteiger partial charge in [0.25, 0.3) is 0 Å². The summed E-state index contributed by atoms with van der Waals surface area (Å²) in [5, 5.41) is 20.3. The largest absolute Gasteiger partial charge is 0.507 e. The second kappa shape index (κ2) is 7.30. The summed E-state index contributed by atoms with van der Waals surface area (Å²) >= 11 is 0. The number of aromatic hydroxyl groups is 1. The van der Waals surface area contributed by atoms with Crippen LogP contribution in [0.25, 0.3) is 0 Å². The lowest BCUT2D eigenvalue weighted by atomic mass is 9.81. The Kier molecular flexibility index (Phi) is 6.31. The van der Waals surface area contributed by atoms with Crippen molar-refractivity contribution in [3.63, 3.8) is 0 Å². The summed E-state index contributed by atoms with van der Waals surface area (Å²) in [6.07, 6.45) is 5.33. The number of aliphatic hydroxyl groups is 1. The zero-order valence-electron chi connectivity index (χ0n) is 12.3. The maximum atomic E-state index is 10.5. The molecule has 1 aliphatic carbocycles. The summed E-state index contributed by atoms with van der Waals surface area (Å²) in [6.45, 7) is 3.73. The SMILES string of the molecule is Cc1cc([C@H](N)[C@H](O)C2CCCCC2)cc(C)c1O.Cl. The number of aliphatic hydroxyl groups excluding tert-OH is 1. The molecule has 1 saturated carbocycles. The summed E-state index contributed by atoms with van der Waals surface area (Å²) in [6, 6.07) is 3.42. The Morgan fingerprint density at radius 3 is 2.10 bits per heavy atom. The molecule has 0 bridgehead atoms. The topological polar surface area (TPSA) is 66.5 Å². The fourth-order valence-corrected chi connectivity index (χ4v) is 3.15. The van der Waals surface area contributed by atoms with Gasteiger partial charge in [-0.3, -0.25) is 0 Å². The maximum Gasteiger partial charge on any atom is 0.121 e. The van der Waals surface area contributed by atoms with Crippen LogP contribution in [-0.2, 0) is 0 Å². The van der Waals surface area contributed by atoms with Crippen molar-refractivity contribution in [1.29, 1.82) is 0 Å². The van der Waals surface area contributed by atoms with Gasteiger partial charge in [0.05, 0.1) is 12.1 Å². The minimum absolute atomic E-state index is 0. The van der Waals surface area contributed by atoms with E-state index in [1.54, 1.807) is 0 Å². The molecule has 4 heteroatoms. The number of benzene rings is 1. The maximum absolute atomic E-state index is 10.5. The average molecular weight is 300 g/mol. The summed E-state index contributed by atoms with van der Waals surface area (Å²) in [4.78, 5) is 0. The Labute approximate surface area is 127 Å². The molecule has 0 amide bonds. The van der Waals surface area contributed by atoms with E-state index >= 15 is 0 Å². The van der Waals surface area contributed by atoms with Crippen LogP contribution in [0, 0.1) is 19.8 Å². The van der Waals surface area contributed by atoms with Gasteiger partial charge >= 0.3 is 0 Å². The third-order valence-electron chi connectivity index (χ3n) is 4.40. The van der Waals surface area contributed by atoms with Crippen LogP contribution in [0.3, 0.4) is 0 Å². The average Bonchev–Trinajstić information content (AvgIpc) is 2.43. The first-order valence-corrected chi connectivity index (χ1v) is 7.24. The number of halogens is 1. The number of nitrogens with two attached hydrogens (primary N) is 1. The summed E-state index contributed by atoms with van der Waals surface area (Å²) in [5.74, 6) is 0.640. The number of phenolic OH excluding ortho intramolecular Hbond substituents is 1. The van der Waals surface area contributed by atoms with Crippen molar-refractivity contribution in [1.82, 2.24) is 0 Å². The van der Waals surface area contributed by atoms with Crippen LogP contribution < -0.4 is 5.73 Å². The molecule has 1 aliphatic rings. The minimum atomic E-state index is -0.483. The molecule has 1 aromatic rings. The first-order chi connectivity index (χ1) is 9.00. The molecule has 114 valence electrons. The van der Waals surface area contributed by atoms with Crippen molar-refractivity contribution in [2.45, 2.75) is 58.1 Å². The quantitative estimate of drug-likeness (QED) is 0.801. The Morgan fingerprint density at radius 2 is 1.60 bits per heavy atom. The van der Waals surface area contributed by atoms with E-state index in [4.69, 9.17) is 5.73 Å². The van der Waals surface area contributed by atoms with Crippen molar-refractivity contribution < 1.29 is 10.2 Å².